The number of nitrogens with zero attached hydrogens (tertiary/aromatic N) is 1. The van der Waals surface area contributed by atoms with E-state index in [0.29, 0.717) is 0 Å². The smallest absolute Gasteiger partial charge is 0.0786 e. The summed E-state index contributed by atoms with van der Waals surface area (Å²) in [5, 5.41) is 0. The standard InChI is InChI=1S/C16H36N.BrH.2ClH/c1-5-9-13-17(14-10-6-2,15-11-7-3)16-12-8-4;;;/h5-16H2,1-4H3;3*1H/q+1;;;. The van der Waals surface area contributed by atoms with Gasteiger partial charge < -0.3 is 4.48 Å². The van der Waals surface area contributed by atoms with Crippen molar-refractivity contribution in [1.29, 1.82) is 0 Å². The van der Waals surface area contributed by atoms with Gasteiger partial charge in [0.2, 0.25) is 0 Å². The van der Waals surface area contributed by atoms with E-state index in [1.54, 1.807) is 0 Å². The van der Waals surface area contributed by atoms with Crippen LogP contribution in [-0.2, 0) is 0 Å². The van der Waals surface area contributed by atoms with Crippen LogP contribution in [0.2, 0.25) is 0 Å². The van der Waals surface area contributed by atoms with Crippen LogP contribution in [0.25, 0.3) is 0 Å². The average Bonchev–Trinajstić information content (AvgIpc) is 2.37. The van der Waals surface area contributed by atoms with Crippen molar-refractivity contribution in [1.82, 2.24) is 0 Å². The van der Waals surface area contributed by atoms with Gasteiger partial charge >= 0.3 is 0 Å². The topological polar surface area (TPSA) is 0 Å². The van der Waals surface area contributed by atoms with Crippen molar-refractivity contribution in [3.8, 4) is 0 Å². The largest absolute Gasteiger partial charge is 0.324 e. The van der Waals surface area contributed by atoms with Crippen LogP contribution in [0.15, 0.2) is 0 Å². The Labute approximate surface area is 151 Å². The Kier molecular flexibility index (Phi) is 29.1. The highest BCUT2D eigenvalue weighted by Crippen LogP contribution is 2.16. The zero-order valence-electron chi connectivity index (χ0n) is 14.2. The molecule has 0 radical (unpaired) electrons. The molecule has 4 heteroatoms. The average molecular weight is 396 g/mol. The molecular weight excluding hydrogens is 357 g/mol. The molecule has 0 saturated carbocycles. The van der Waals surface area contributed by atoms with Gasteiger partial charge in [-0.25, -0.2) is 0 Å². The Bertz CT molecular complexity index is 131. The maximum absolute atomic E-state index is 2.33. The predicted octanol–water partition coefficient (Wildman–Crippen LogP) is 6.43. The van der Waals surface area contributed by atoms with E-state index in [1.807, 2.05) is 0 Å². The first-order chi connectivity index (χ1) is 8.24. The fraction of sp³-hybridized carbons (Fsp3) is 1.00. The van der Waals surface area contributed by atoms with E-state index in [9.17, 15) is 0 Å². The van der Waals surface area contributed by atoms with E-state index in [0.717, 1.165) is 0 Å². The molecule has 0 heterocycles. The lowest BCUT2D eigenvalue weighted by atomic mass is 10.1. The van der Waals surface area contributed by atoms with Crippen LogP contribution in [0.4, 0.5) is 0 Å². The number of unbranched alkanes of at least 4 members (excludes halogenated alkanes) is 4. The summed E-state index contributed by atoms with van der Waals surface area (Å²) in [7, 11) is 0. The number of quaternary nitrogens is 1. The number of rotatable bonds is 12. The van der Waals surface area contributed by atoms with E-state index >= 15 is 0 Å². The molecule has 0 saturated heterocycles. The SMILES string of the molecule is Br.CCCC[N+](CCCC)(CCCC)CCCC.Cl.Cl. The van der Waals surface area contributed by atoms with Crippen LogP contribution in [-0.4, -0.2) is 30.7 Å². The summed E-state index contributed by atoms with van der Waals surface area (Å²) in [6.45, 7) is 15.0. The molecule has 0 aromatic rings. The molecule has 0 spiro atoms. The van der Waals surface area contributed by atoms with Crippen LogP contribution < -0.4 is 0 Å². The zero-order chi connectivity index (χ0) is 13.0. The van der Waals surface area contributed by atoms with Gasteiger partial charge in [0.1, 0.15) is 0 Å². The van der Waals surface area contributed by atoms with Crippen molar-refractivity contribution in [2.24, 2.45) is 0 Å². The first kappa shape index (κ1) is 29.1. The van der Waals surface area contributed by atoms with Crippen LogP contribution in [0, 0.1) is 0 Å². The first-order valence-corrected chi connectivity index (χ1v) is 8.09. The molecule has 20 heavy (non-hydrogen) atoms. The second-order valence-corrected chi connectivity index (χ2v) is 5.65. The van der Waals surface area contributed by atoms with Crippen LogP contribution in [0.1, 0.15) is 79.1 Å². The Balaban J connectivity index is -0.000000427. The van der Waals surface area contributed by atoms with Gasteiger partial charge in [-0.2, -0.15) is 0 Å². The molecule has 1 nitrogen and oxygen atoms in total. The van der Waals surface area contributed by atoms with E-state index < -0.39 is 0 Å². The van der Waals surface area contributed by atoms with E-state index in [2.05, 4.69) is 27.7 Å². The molecule has 0 atom stereocenters. The molecule has 0 aliphatic carbocycles. The van der Waals surface area contributed by atoms with Gasteiger partial charge in [-0.15, -0.1) is 41.8 Å². The van der Waals surface area contributed by atoms with Gasteiger partial charge in [0.25, 0.3) is 0 Å². The minimum absolute atomic E-state index is 0. The van der Waals surface area contributed by atoms with Gasteiger partial charge in [0.15, 0.2) is 0 Å². The normalized spacial score (nSPS) is 10.2. The number of hydrogen-bond donors (Lipinski definition) is 0. The Hall–Kier alpha value is 1.02. The lowest BCUT2D eigenvalue weighted by Gasteiger charge is -2.39. The first-order valence-electron chi connectivity index (χ1n) is 8.09. The van der Waals surface area contributed by atoms with Crippen molar-refractivity contribution < 1.29 is 4.48 Å². The molecule has 0 unspecified atom stereocenters. The van der Waals surface area contributed by atoms with E-state index in [4.69, 9.17) is 0 Å². The second-order valence-electron chi connectivity index (χ2n) is 5.65. The number of hydrogen-bond acceptors (Lipinski definition) is 0. The van der Waals surface area contributed by atoms with Gasteiger partial charge in [-0.1, -0.05) is 53.4 Å². The van der Waals surface area contributed by atoms with Crippen LogP contribution >= 0.6 is 41.8 Å². The molecule has 0 N–H and O–H groups in total. The Morgan fingerprint density at radius 2 is 0.700 bits per heavy atom. The van der Waals surface area contributed by atoms with Crippen molar-refractivity contribution >= 4 is 41.8 Å². The molecule has 0 aliphatic rings. The van der Waals surface area contributed by atoms with E-state index in [-0.39, 0.29) is 41.8 Å². The summed E-state index contributed by atoms with van der Waals surface area (Å²) in [4.78, 5) is 0. The van der Waals surface area contributed by atoms with Crippen molar-refractivity contribution in [2.75, 3.05) is 26.2 Å². The molecule has 0 aromatic heterocycles. The molecule has 128 valence electrons. The summed E-state index contributed by atoms with van der Waals surface area (Å²) in [5.74, 6) is 0. The molecule has 0 aliphatic heterocycles. The van der Waals surface area contributed by atoms with E-state index in [1.165, 1.54) is 82.0 Å². The Morgan fingerprint density at radius 1 is 0.500 bits per heavy atom. The summed E-state index contributed by atoms with van der Waals surface area (Å²) >= 11 is 0. The predicted molar refractivity (Wildman–Crippen MR) is 104 cm³/mol. The summed E-state index contributed by atoms with van der Waals surface area (Å²) < 4.78 is 1.42. The second kappa shape index (κ2) is 20.0. The fourth-order valence-electron chi connectivity index (χ4n) is 2.64. The minimum atomic E-state index is 0. The highest BCUT2D eigenvalue weighted by molar-refractivity contribution is 8.93. The Morgan fingerprint density at radius 3 is 0.850 bits per heavy atom. The van der Waals surface area contributed by atoms with Gasteiger partial charge in [0, 0.05) is 0 Å². The molecular formula is C16H39BrCl2N+. The molecule has 0 bridgehead atoms. The monoisotopic (exact) mass is 394 g/mol. The van der Waals surface area contributed by atoms with Crippen LogP contribution in [0.5, 0.6) is 0 Å². The maximum Gasteiger partial charge on any atom is 0.0786 e. The third-order valence-corrected chi connectivity index (χ3v) is 3.94. The highest BCUT2D eigenvalue weighted by atomic mass is 79.9. The van der Waals surface area contributed by atoms with Crippen molar-refractivity contribution in [3.63, 3.8) is 0 Å². The highest BCUT2D eigenvalue weighted by Gasteiger charge is 2.24. The lowest BCUT2D eigenvalue weighted by Crippen LogP contribution is -2.50. The third-order valence-electron chi connectivity index (χ3n) is 3.94. The van der Waals surface area contributed by atoms with Gasteiger partial charge in [0.05, 0.1) is 26.2 Å². The summed E-state index contributed by atoms with van der Waals surface area (Å²) in [6, 6.07) is 0. The molecule has 0 rings (SSSR count). The summed E-state index contributed by atoms with van der Waals surface area (Å²) in [5.41, 5.74) is 0. The van der Waals surface area contributed by atoms with Gasteiger partial charge in [-0.3, -0.25) is 0 Å². The fourth-order valence-corrected chi connectivity index (χ4v) is 2.64. The van der Waals surface area contributed by atoms with Crippen LogP contribution in [0.3, 0.4) is 0 Å². The summed E-state index contributed by atoms with van der Waals surface area (Å²) in [6.07, 6.45) is 11.1. The zero-order valence-corrected chi connectivity index (χ0v) is 17.5. The van der Waals surface area contributed by atoms with Crippen molar-refractivity contribution in [2.45, 2.75) is 79.1 Å². The minimum Gasteiger partial charge on any atom is -0.324 e. The molecule has 0 amide bonds. The van der Waals surface area contributed by atoms with Gasteiger partial charge in [-0.05, 0) is 25.7 Å². The quantitative estimate of drug-likeness (QED) is 0.334. The third kappa shape index (κ3) is 14.0. The number of halogens is 3. The molecule has 0 fully saturated rings. The van der Waals surface area contributed by atoms with Crippen molar-refractivity contribution in [3.05, 3.63) is 0 Å². The molecule has 0 aromatic carbocycles. The maximum atomic E-state index is 2.33. The lowest BCUT2D eigenvalue weighted by molar-refractivity contribution is -0.929.